The van der Waals surface area contributed by atoms with Gasteiger partial charge in [-0.05, 0) is 55.5 Å². The number of ether oxygens (including phenoxy) is 1. The normalized spacial score (nSPS) is 10.3. The van der Waals surface area contributed by atoms with Crippen molar-refractivity contribution in [2.75, 3.05) is 36.2 Å². The minimum absolute atomic E-state index is 0.429. The van der Waals surface area contributed by atoms with Crippen molar-refractivity contribution >= 4 is 28.8 Å². The molecule has 2 N–H and O–H groups in total. The summed E-state index contributed by atoms with van der Waals surface area (Å²) in [7, 11) is 4.01. The second-order valence-corrected chi connectivity index (χ2v) is 5.81. The Morgan fingerprint density at radius 2 is 1.58 bits per heavy atom. The fraction of sp³-hybridized carbons (Fsp3) is 0.211. The fourth-order valence-electron chi connectivity index (χ4n) is 2.34. The average molecular weight is 350 g/mol. The predicted molar refractivity (Wildman–Crippen MR) is 105 cm³/mol. The second kappa shape index (κ2) is 8.15. The van der Waals surface area contributed by atoms with Gasteiger partial charge in [-0.2, -0.15) is 10.1 Å². The van der Waals surface area contributed by atoms with E-state index in [4.69, 9.17) is 4.74 Å². The molecule has 0 aliphatic carbocycles. The second-order valence-electron chi connectivity index (χ2n) is 5.81. The van der Waals surface area contributed by atoms with Gasteiger partial charge in [0.1, 0.15) is 5.75 Å². The minimum atomic E-state index is 0.429. The van der Waals surface area contributed by atoms with Crippen molar-refractivity contribution in [2.24, 2.45) is 0 Å². The molecule has 0 aliphatic heterocycles. The molecule has 0 unspecified atom stereocenters. The molecule has 0 radical (unpaired) electrons. The van der Waals surface area contributed by atoms with Gasteiger partial charge in [-0.3, -0.25) is 0 Å². The van der Waals surface area contributed by atoms with Crippen LogP contribution in [0.5, 0.6) is 5.75 Å². The molecule has 26 heavy (non-hydrogen) atoms. The van der Waals surface area contributed by atoms with E-state index in [0.29, 0.717) is 18.4 Å². The first kappa shape index (κ1) is 17.5. The Bertz CT molecular complexity index is 833. The zero-order valence-electron chi connectivity index (χ0n) is 15.1. The molecule has 0 fully saturated rings. The van der Waals surface area contributed by atoms with Crippen LogP contribution in [0.15, 0.2) is 54.7 Å². The first-order valence-electron chi connectivity index (χ1n) is 8.38. The van der Waals surface area contributed by atoms with Gasteiger partial charge in [0.15, 0.2) is 5.82 Å². The summed E-state index contributed by atoms with van der Waals surface area (Å²) in [6, 6.07) is 15.7. The summed E-state index contributed by atoms with van der Waals surface area (Å²) in [5.41, 5.74) is 2.92. The molecular weight excluding hydrogens is 328 g/mol. The highest BCUT2D eigenvalue weighted by molar-refractivity contribution is 5.61. The van der Waals surface area contributed by atoms with Crippen LogP contribution in [-0.4, -0.2) is 35.9 Å². The standard InChI is InChI=1S/C19H22N6O/c1-4-26-17-11-7-14(8-12-17)21-18-13-20-24-19(23-18)22-15-5-9-16(10-6-15)25(2)3/h5-13H,4H2,1-3H3,(H2,21,22,23,24). The van der Waals surface area contributed by atoms with Crippen LogP contribution in [-0.2, 0) is 0 Å². The van der Waals surface area contributed by atoms with E-state index in [1.807, 2.05) is 74.4 Å². The van der Waals surface area contributed by atoms with Gasteiger partial charge in [-0.15, -0.1) is 5.10 Å². The first-order valence-corrected chi connectivity index (χ1v) is 8.38. The van der Waals surface area contributed by atoms with Gasteiger partial charge in [0.2, 0.25) is 5.95 Å². The Kier molecular flexibility index (Phi) is 5.48. The zero-order chi connectivity index (χ0) is 18.4. The number of anilines is 5. The molecule has 3 rings (SSSR count). The van der Waals surface area contributed by atoms with Gasteiger partial charge < -0.3 is 20.3 Å². The van der Waals surface area contributed by atoms with Gasteiger partial charge in [-0.25, -0.2) is 0 Å². The highest BCUT2D eigenvalue weighted by Crippen LogP contribution is 2.21. The summed E-state index contributed by atoms with van der Waals surface area (Å²) in [6.45, 7) is 2.61. The number of nitrogens with one attached hydrogen (secondary N) is 2. The maximum atomic E-state index is 5.44. The number of nitrogens with zero attached hydrogens (tertiary/aromatic N) is 4. The topological polar surface area (TPSA) is 75.2 Å². The molecule has 0 aliphatic rings. The monoisotopic (exact) mass is 350 g/mol. The molecule has 1 heterocycles. The smallest absolute Gasteiger partial charge is 0.249 e. The Balaban J connectivity index is 1.67. The van der Waals surface area contributed by atoms with E-state index in [9.17, 15) is 0 Å². The van der Waals surface area contributed by atoms with Gasteiger partial charge in [0.05, 0.1) is 12.8 Å². The average Bonchev–Trinajstić information content (AvgIpc) is 2.64. The van der Waals surface area contributed by atoms with E-state index in [1.54, 1.807) is 6.20 Å². The van der Waals surface area contributed by atoms with Gasteiger partial charge in [-0.1, -0.05) is 0 Å². The van der Waals surface area contributed by atoms with Crippen LogP contribution in [0.4, 0.5) is 28.8 Å². The third-order valence-corrected chi connectivity index (χ3v) is 3.64. The van der Waals surface area contributed by atoms with E-state index in [-0.39, 0.29) is 0 Å². The van der Waals surface area contributed by atoms with Crippen LogP contribution >= 0.6 is 0 Å². The Labute approximate surface area is 153 Å². The molecule has 0 saturated heterocycles. The first-order chi connectivity index (χ1) is 12.6. The van der Waals surface area contributed by atoms with Crippen molar-refractivity contribution in [1.82, 2.24) is 15.2 Å². The molecule has 0 amide bonds. The third-order valence-electron chi connectivity index (χ3n) is 3.64. The summed E-state index contributed by atoms with van der Waals surface area (Å²) in [5, 5.41) is 14.4. The van der Waals surface area contributed by atoms with Crippen molar-refractivity contribution < 1.29 is 4.74 Å². The quantitative estimate of drug-likeness (QED) is 0.671. The highest BCUT2D eigenvalue weighted by atomic mass is 16.5. The lowest BCUT2D eigenvalue weighted by Gasteiger charge is -2.13. The van der Waals surface area contributed by atoms with Gasteiger partial charge >= 0.3 is 0 Å². The molecule has 134 valence electrons. The van der Waals surface area contributed by atoms with E-state index in [1.165, 1.54) is 0 Å². The minimum Gasteiger partial charge on any atom is -0.494 e. The number of benzene rings is 2. The summed E-state index contributed by atoms with van der Waals surface area (Å²) < 4.78 is 5.44. The van der Waals surface area contributed by atoms with Gasteiger partial charge in [0.25, 0.3) is 0 Å². The predicted octanol–water partition coefficient (Wildman–Crippen LogP) is 3.82. The zero-order valence-corrected chi connectivity index (χ0v) is 15.1. The fourth-order valence-corrected chi connectivity index (χ4v) is 2.34. The van der Waals surface area contributed by atoms with Crippen LogP contribution in [0.25, 0.3) is 0 Å². The number of hydrogen-bond donors (Lipinski definition) is 2. The van der Waals surface area contributed by atoms with Crippen molar-refractivity contribution in [2.45, 2.75) is 6.92 Å². The lowest BCUT2D eigenvalue weighted by atomic mass is 10.2. The third kappa shape index (κ3) is 4.60. The lowest BCUT2D eigenvalue weighted by Crippen LogP contribution is -2.08. The van der Waals surface area contributed by atoms with Crippen molar-refractivity contribution in [3.63, 3.8) is 0 Å². The largest absolute Gasteiger partial charge is 0.494 e. The molecule has 1 aromatic heterocycles. The Morgan fingerprint density at radius 1 is 0.923 bits per heavy atom. The molecular formula is C19H22N6O. The Hall–Kier alpha value is -3.35. The molecule has 0 atom stereocenters. The van der Waals surface area contributed by atoms with E-state index >= 15 is 0 Å². The van der Waals surface area contributed by atoms with Crippen LogP contribution in [0.1, 0.15) is 6.92 Å². The molecule has 7 heteroatoms. The van der Waals surface area contributed by atoms with Crippen LogP contribution in [0.3, 0.4) is 0 Å². The van der Waals surface area contributed by atoms with Crippen LogP contribution < -0.4 is 20.3 Å². The molecule has 0 saturated carbocycles. The van der Waals surface area contributed by atoms with Crippen molar-refractivity contribution in [3.8, 4) is 5.75 Å². The molecule has 0 bridgehead atoms. The van der Waals surface area contributed by atoms with Crippen molar-refractivity contribution in [1.29, 1.82) is 0 Å². The summed E-state index contributed by atoms with van der Waals surface area (Å²) >= 11 is 0. The Morgan fingerprint density at radius 3 is 2.23 bits per heavy atom. The number of rotatable bonds is 7. The lowest BCUT2D eigenvalue weighted by molar-refractivity contribution is 0.340. The maximum Gasteiger partial charge on any atom is 0.249 e. The SMILES string of the molecule is CCOc1ccc(Nc2cnnc(Nc3ccc(N(C)C)cc3)n2)cc1. The maximum absolute atomic E-state index is 5.44. The van der Waals surface area contributed by atoms with Crippen LogP contribution in [0.2, 0.25) is 0 Å². The van der Waals surface area contributed by atoms with Crippen LogP contribution in [0, 0.1) is 0 Å². The van der Waals surface area contributed by atoms with Gasteiger partial charge in [0, 0.05) is 31.2 Å². The summed E-state index contributed by atoms with van der Waals surface area (Å²) in [6.07, 6.45) is 1.58. The summed E-state index contributed by atoms with van der Waals surface area (Å²) in [4.78, 5) is 6.49. The number of aromatic nitrogens is 3. The molecule has 2 aromatic carbocycles. The highest BCUT2D eigenvalue weighted by Gasteiger charge is 2.03. The van der Waals surface area contributed by atoms with E-state index < -0.39 is 0 Å². The molecule has 7 nitrogen and oxygen atoms in total. The van der Waals surface area contributed by atoms with Crippen molar-refractivity contribution in [3.05, 3.63) is 54.7 Å². The summed E-state index contributed by atoms with van der Waals surface area (Å²) in [5.74, 6) is 1.87. The van der Waals surface area contributed by atoms with E-state index in [2.05, 4.69) is 25.8 Å². The number of hydrogen-bond acceptors (Lipinski definition) is 7. The molecule has 3 aromatic rings. The molecule has 0 spiro atoms. The van der Waals surface area contributed by atoms with E-state index in [0.717, 1.165) is 22.8 Å².